The summed E-state index contributed by atoms with van der Waals surface area (Å²) >= 11 is 1.35. The van der Waals surface area contributed by atoms with Gasteiger partial charge in [-0.25, -0.2) is 15.0 Å². The molecule has 4 rings (SSSR count). The quantitative estimate of drug-likeness (QED) is 0.493. The Hall–Kier alpha value is -3.38. The predicted octanol–water partition coefficient (Wildman–Crippen LogP) is 4.15. The lowest BCUT2D eigenvalue weighted by molar-refractivity contribution is -0.274. The molecule has 3 aromatic rings. The zero-order valence-electron chi connectivity index (χ0n) is 17.8. The van der Waals surface area contributed by atoms with E-state index in [1.165, 1.54) is 23.9 Å². The van der Waals surface area contributed by atoms with E-state index in [1.807, 2.05) is 6.07 Å². The van der Waals surface area contributed by atoms with Gasteiger partial charge < -0.3 is 19.7 Å². The molecule has 0 radical (unpaired) electrons. The zero-order chi connectivity index (χ0) is 24.0. The number of carbonyl (C=O) groups is 1. The number of aromatic nitrogens is 3. The molecule has 1 N–H and O–H groups in total. The maximum absolute atomic E-state index is 12.8. The van der Waals surface area contributed by atoms with Gasteiger partial charge in [-0.05, 0) is 42.5 Å². The summed E-state index contributed by atoms with van der Waals surface area (Å²) in [6, 6.07) is 9.99. The molecule has 2 aromatic heterocycles. The van der Waals surface area contributed by atoms with E-state index >= 15 is 0 Å². The molecule has 1 fully saturated rings. The van der Waals surface area contributed by atoms with Crippen LogP contribution >= 0.6 is 11.8 Å². The molecule has 12 heteroatoms. The number of amides is 1. The van der Waals surface area contributed by atoms with Crippen LogP contribution in [0.2, 0.25) is 0 Å². The smallest absolute Gasteiger partial charge is 0.406 e. The highest BCUT2D eigenvalue weighted by Gasteiger charge is 2.31. The molecule has 0 bridgehead atoms. The van der Waals surface area contributed by atoms with Gasteiger partial charge in [0.1, 0.15) is 10.8 Å². The maximum Gasteiger partial charge on any atom is 0.573 e. The van der Waals surface area contributed by atoms with Gasteiger partial charge in [0, 0.05) is 36.9 Å². The second-order valence-electron chi connectivity index (χ2n) is 7.12. The van der Waals surface area contributed by atoms with Crippen LogP contribution < -0.4 is 15.0 Å². The van der Waals surface area contributed by atoms with Crippen molar-refractivity contribution in [2.75, 3.05) is 36.5 Å². The lowest BCUT2D eigenvalue weighted by Gasteiger charge is -2.26. The molecule has 0 aliphatic carbocycles. The van der Waals surface area contributed by atoms with Gasteiger partial charge in [-0.2, -0.15) is 0 Å². The number of carbonyl (C=O) groups excluding carboxylic acids is 1. The Morgan fingerprint density at radius 1 is 1.09 bits per heavy atom. The fraction of sp³-hybridized carbons (Fsp3) is 0.273. The van der Waals surface area contributed by atoms with Crippen LogP contribution in [0.1, 0.15) is 16.1 Å². The van der Waals surface area contributed by atoms with Crippen LogP contribution in [-0.2, 0) is 10.5 Å². The molecule has 1 aliphatic heterocycles. The Kier molecular flexibility index (Phi) is 7.48. The Morgan fingerprint density at radius 3 is 2.59 bits per heavy atom. The van der Waals surface area contributed by atoms with E-state index in [0.717, 1.165) is 30.9 Å². The van der Waals surface area contributed by atoms with Crippen LogP contribution in [-0.4, -0.2) is 53.5 Å². The number of alkyl halides is 3. The van der Waals surface area contributed by atoms with E-state index in [2.05, 4.69) is 29.9 Å². The number of thioether (sulfide) groups is 1. The molecular weight excluding hydrogens is 471 g/mol. The summed E-state index contributed by atoms with van der Waals surface area (Å²) < 4.78 is 46.1. The number of pyridine rings is 1. The number of benzene rings is 1. The molecule has 1 saturated heterocycles. The van der Waals surface area contributed by atoms with Crippen LogP contribution in [0.4, 0.5) is 24.8 Å². The van der Waals surface area contributed by atoms with Crippen molar-refractivity contribution < 1.29 is 27.4 Å². The third-order valence-electron chi connectivity index (χ3n) is 4.71. The number of hydrogen-bond donors (Lipinski definition) is 1. The highest BCUT2D eigenvalue weighted by Crippen LogP contribution is 2.27. The molecule has 0 unspecified atom stereocenters. The summed E-state index contributed by atoms with van der Waals surface area (Å²) in [4.78, 5) is 28.1. The molecule has 34 heavy (non-hydrogen) atoms. The highest BCUT2D eigenvalue weighted by atomic mass is 32.2. The van der Waals surface area contributed by atoms with E-state index < -0.39 is 12.3 Å². The van der Waals surface area contributed by atoms with Crippen LogP contribution in [0.5, 0.6) is 5.75 Å². The summed E-state index contributed by atoms with van der Waals surface area (Å²) in [6.45, 7) is 2.72. The summed E-state index contributed by atoms with van der Waals surface area (Å²) in [6.07, 6.45) is -1.49. The van der Waals surface area contributed by atoms with Crippen molar-refractivity contribution in [3.63, 3.8) is 0 Å². The minimum atomic E-state index is -4.78. The third kappa shape index (κ3) is 6.58. The minimum Gasteiger partial charge on any atom is -0.406 e. The van der Waals surface area contributed by atoms with E-state index in [0.29, 0.717) is 41.2 Å². The van der Waals surface area contributed by atoms with Crippen LogP contribution in [0.15, 0.2) is 59.9 Å². The van der Waals surface area contributed by atoms with Gasteiger partial charge in [0.15, 0.2) is 0 Å². The Morgan fingerprint density at radius 2 is 1.85 bits per heavy atom. The van der Waals surface area contributed by atoms with Gasteiger partial charge in [0.25, 0.3) is 5.91 Å². The van der Waals surface area contributed by atoms with Crippen molar-refractivity contribution in [2.24, 2.45) is 0 Å². The molecule has 8 nitrogen and oxygen atoms in total. The SMILES string of the molecule is O=C(Nc1ccc(OC(F)(F)F)cc1)c1cccnc1SCc1ccnc(N2CCOCC2)n1. The van der Waals surface area contributed by atoms with Gasteiger partial charge in [0.2, 0.25) is 5.95 Å². The number of rotatable bonds is 7. The fourth-order valence-electron chi connectivity index (χ4n) is 3.14. The van der Waals surface area contributed by atoms with Crippen molar-refractivity contribution in [1.29, 1.82) is 0 Å². The first-order valence-electron chi connectivity index (χ1n) is 10.3. The Labute approximate surface area is 197 Å². The molecule has 0 spiro atoms. The number of halogens is 3. The Bertz CT molecular complexity index is 1130. The topological polar surface area (TPSA) is 89.5 Å². The number of nitrogens with zero attached hydrogens (tertiary/aromatic N) is 4. The van der Waals surface area contributed by atoms with Crippen molar-refractivity contribution in [3.05, 3.63) is 66.1 Å². The van der Waals surface area contributed by atoms with Crippen LogP contribution in [0, 0.1) is 0 Å². The van der Waals surface area contributed by atoms with Crippen LogP contribution in [0.3, 0.4) is 0 Å². The van der Waals surface area contributed by atoms with Gasteiger partial charge in [-0.15, -0.1) is 13.2 Å². The summed E-state index contributed by atoms with van der Waals surface area (Å²) in [5.74, 6) is 0.306. The molecule has 3 heterocycles. The number of morpholine rings is 1. The second-order valence-corrected chi connectivity index (χ2v) is 8.08. The molecule has 1 aromatic carbocycles. The van der Waals surface area contributed by atoms with E-state index in [9.17, 15) is 18.0 Å². The standard InChI is InChI=1S/C22H20F3N5O3S/c23-22(24,25)33-17-5-3-15(4-6-17)28-19(31)18-2-1-8-26-20(18)34-14-16-7-9-27-21(29-16)30-10-12-32-13-11-30/h1-9H,10-14H2,(H,28,31). The molecule has 0 saturated carbocycles. The first kappa shape index (κ1) is 23.8. The average molecular weight is 491 g/mol. The fourth-order valence-corrected chi connectivity index (χ4v) is 4.04. The largest absolute Gasteiger partial charge is 0.573 e. The third-order valence-corrected chi connectivity index (χ3v) is 5.75. The average Bonchev–Trinajstić information content (AvgIpc) is 2.84. The first-order valence-corrected chi connectivity index (χ1v) is 11.3. The van der Waals surface area contributed by atoms with Crippen molar-refractivity contribution in [1.82, 2.24) is 15.0 Å². The lowest BCUT2D eigenvalue weighted by Crippen LogP contribution is -2.37. The summed E-state index contributed by atoms with van der Waals surface area (Å²) in [5.41, 5.74) is 1.45. The lowest BCUT2D eigenvalue weighted by atomic mass is 10.2. The summed E-state index contributed by atoms with van der Waals surface area (Å²) in [5, 5.41) is 3.17. The van der Waals surface area contributed by atoms with Gasteiger partial charge in [-0.1, -0.05) is 11.8 Å². The predicted molar refractivity (Wildman–Crippen MR) is 120 cm³/mol. The zero-order valence-corrected chi connectivity index (χ0v) is 18.6. The molecule has 178 valence electrons. The van der Waals surface area contributed by atoms with Crippen LogP contribution in [0.25, 0.3) is 0 Å². The van der Waals surface area contributed by atoms with Crippen molar-refractivity contribution >= 4 is 29.3 Å². The number of hydrogen-bond acceptors (Lipinski definition) is 8. The van der Waals surface area contributed by atoms with Crippen molar-refractivity contribution in [3.8, 4) is 5.75 Å². The maximum atomic E-state index is 12.8. The van der Waals surface area contributed by atoms with E-state index in [4.69, 9.17) is 4.74 Å². The highest BCUT2D eigenvalue weighted by molar-refractivity contribution is 7.98. The van der Waals surface area contributed by atoms with Gasteiger partial charge >= 0.3 is 6.36 Å². The molecule has 1 aliphatic rings. The monoisotopic (exact) mass is 491 g/mol. The number of nitrogens with one attached hydrogen (secondary N) is 1. The number of anilines is 2. The van der Waals surface area contributed by atoms with Crippen molar-refractivity contribution in [2.45, 2.75) is 17.1 Å². The molecule has 1 amide bonds. The second kappa shape index (κ2) is 10.7. The van der Waals surface area contributed by atoms with E-state index in [-0.39, 0.29) is 5.75 Å². The molecular formula is C22H20F3N5O3S. The number of ether oxygens (including phenoxy) is 2. The normalized spacial score (nSPS) is 14.0. The molecule has 0 atom stereocenters. The van der Waals surface area contributed by atoms with Gasteiger partial charge in [0.05, 0.1) is 24.5 Å². The Balaban J connectivity index is 1.40. The van der Waals surface area contributed by atoms with E-state index in [1.54, 1.807) is 24.5 Å². The van der Waals surface area contributed by atoms with Gasteiger partial charge in [-0.3, -0.25) is 4.79 Å². The summed E-state index contributed by atoms with van der Waals surface area (Å²) in [7, 11) is 0. The first-order chi connectivity index (χ1) is 16.4. The minimum absolute atomic E-state index is 0.324.